The van der Waals surface area contributed by atoms with Gasteiger partial charge in [-0.25, -0.2) is 15.0 Å². The van der Waals surface area contributed by atoms with E-state index in [9.17, 15) is 4.79 Å². The summed E-state index contributed by atoms with van der Waals surface area (Å²) in [5.74, 6) is 0.801. The van der Waals surface area contributed by atoms with Crippen LogP contribution in [0.3, 0.4) is 0 Å². The summed E-state index contributed by atoms with van der Waals surface area (Å²) in [6, 6.07) is 22.2. The summed E-state index contributed by atoms with van der Waals surface area (Å²) < 4.78 is 0. The van der Waals surface area contributed by atoms with Crippen molar-refractivity contribution in [3.8, 4) is 11.3 Å². The fourth-order valence-corrected chi connectivity index (χ4v) is 4.44. The molecule has 2 fully saturated rings. The zero-order chi connectivity index (χ0) is 21.0. The van der Waals surface area contributed by atoms with Gasteiger partial charge in [0.05, 0.1) is 18.3 Å². The number of rotatable bonds is 4. The molecule has 1 aromatic heterocycles. The Bertz CT molecular complexity index is 1020. The van der Waals surface area contributed by atoms with Crippen molar-refractivity contribution in [1.82, 2.24) is 15.0 Å². The summed E-state index contributed by atoms with van der Waals surface area (Å²) in [6.07, 6.45) is 4.21. The normalized spacial score (nSPS) is 19.5. The van der Waals surface area contributed by atoms with Crippen LogP contribution in [0.2, 0.25) is 0 Å². The van der Waals surface area contributed by atoms with Crippen LogP contribution in [0, 0.1) is 5.92 Å². The maximum absolute atomic E-state index is 13.2. The van der Waals surface area contributed by atoms with E-state index in [1.54, 1.807) is 5.06 Å². The number of carbonyl (C=O) groups is 1. The summed E-state index contributed by atoms with van der Waals surface area (Å²) in [4.78, 5) is 30.4. The Morgan fingerprint density at radius 3 is 2.35 bits per heavy atom. The average molecular weight is 415 g/mol. The van der Waals surface area contributed by atoms with E-state index in [2.05, 4.69) is 34.1 Å². The molecule has 158 valence electrons. The largest absolute Gasteiger partial charge is 0.341 e. The highest BCUT2D eigenvalue weighted by atomic mass is 16.7. The van der Waals surface area contributed by atoms with Crippen molar-refractivity contribution < 1.29 is 9.63 Å². The average Bonchev–Trinajstić information content (AvgIpc) is 3.35. The number of hydrogen-bond acceptors (Lipinski definition) is 5. The van der Waals surface area contributed by atoms with Gasteiger partial charge >= 0.3 is 0 Å². The van der Waals surface area contributed by atoms with Gasteiger partial charge in [-0.05, 0) is 24.5 Å². The summed E-state index contributed by atoms with van der Waals surface area (Å²) >= 11 is 0. The Hall–Kier alpha value is -3.25. The standard InChI is InChI=1S/C25H26N4O2/c30-24(29-23(14-18-31-29)20-9-5-2-6-10-20)21-12-16-28(17-13-21)25-26-15-11-22(27-25)19-7-3-1-4-8-19/h1-11,15,21,23H,12-14,16-18H2. The third-order valence-corrected chi connectivity index (χ3v) is 6.15. The molecule has 2 saturated heterocycles. The minimum atomic E-state index is -0.0298. The molecule has 2 aromatic carbocycles. The Balaban J connectivity index is 1.24. The van der Waals surface area contributed by atoms with Crippen LogP contribution in [0.25, 0.3) is 11.3 Å². The number of piperidine rings is 1. The summed E-state index contributed by atoms with van der Waals surface area (Å²) in [7, 11) is 0. The Morgan fingerprint density at radius 2 is 1.61 bits per heavy atom. The lowest BCUT2D eigenvalue weighted by molar-refractivity contribution is -0.182. The first-order valence-corrected chi connectivity index (χ1v) is 10.9. The van der Waals surface area contributed by atoms with Crippen molar-refractivity contribution in [3.63, 3.8) is 0 Å². The minimum Gasteiger partial charge on any atom is -0.341 e. The highest BCUT2D eigenvalue weighted by Gasteiger charge is 2.37. The van der Waals surface area contributed by atoms with Gasteiger partial charge in [-0.3, -0.25) is 9.63 Å². The molecule has 0 radical (unpaired) electrons. The van der Waals surface area contributed by atoms with Crippen LogP contribution < -0.4 is 4.90 Å². The number of carbonyl (C=O) groups excluding carboxylic acids is 1. The molecule has 1 atom stereocenters. The first kappa shape index (κ1) is 19.7. The minimum absolute atomic E-state index is 0.0117. The second kappa shape index (κ2) is 8.86. The van der Waals surface area contributed by atoms with Gasteiger partial charge in [0.1, 0.15) is 0 Å². The highest BCUT2D eigenvalue weighted by Crippen LogP contribution is 2.33. The molecule has 0 saturated carbocycles. The highest BCUT2D eigenvalue weighted by molar-refractivity contribution is 5.79. The van der Waals surface area contributed by atoms with Crippen LogP contribution in [0.1, 0.15) is 30.9 Å². The molecule has 6 nitrogen and oxygen atoms in total. The van der Waals surface area contributed by atoms with Crippen molar-refractivity contribution in [3.05, 3.63) is 78.5 Å². The maximum atomic E-state index is 13.2. The second-order valence-electron chi connectivity index (χ2n) is 8.08. The van der Waals surface area contributed by atoms with E-state index in [0.717, 1.165) is 55.1 Å². The Morgan fingerprint density at radius 1 is 0.903 bits per heavy atom. The molecule has 1 unspecified atom stereocenters. The van der Waals surface area contributed by atoms with E-state index in [0.29, 0.717) is 6.61 Å². The van der Waals surface area contributed by atoms with Gasteiger partial charge in [-0.2, -0.15) is 0 Å². The summed E-state index contributed by atoms with van der Waals surface area (Å²) in [6.45, 7) is 2.11. The van der Waals surface area contributed by atoms with Crippen molar-refractivity contribution in [2.75, 3.05) is 24.6 Å². The van der Waals surface area contributed by atoms with Gasteiger partial charge in [0.25, 0.3) is 0 Å². The molecule has 0 spiro atoms. The number of amides is 1. The molecular weight excluding hydrogens is 388 g/mol. The smallest absolute Gasteiger partial charge is 0.249 e. The molecule has 6 heteroatoms. The molecule has 0 aliphatic carbocycles. The molecule has 2 aliphatic rings. The Kier molecular flexibility index (Phi) is 5.63. The van der Waals surface area contributed by atoms with E-state index in [-0.39, 0.29) is 17.9 Å². The molecule has 31 heavy (non-hydrogen) atoms. The van der Waals surface area contributed by atoms with Gasteiger partial charge in [-0.1, -0.05) is 60.7 Å². The third kappa shape index (κ3) is 4.16. The first-order valence-electron chi connectivity index (χ1n) is 10.9. The molecular formula is C25H26N4O2. The fourth-order valence-electron chi connectivity index (χ4n) is 4.44. The van der Waals surface area contributed by atoms with Crippen molar-refractivity contribution in [2.24, 2.45) is 5.92 Å². The Labute approximate surface area is 182 Å². The monoisotopic (exact) mass is 414 g/mol. The van der Waals surface area contributed by atoms with Crippen LogP contribution in [-0.4, -0.2) is 40.6 Å². The lowest BCUT2D eigenvalue weighted by Crippen LogP contribution is -2.42. The quantitative estimate of drug-likeness (QED) is 0.638. The maximum Gasteiger partial charge on any atom is 0.249 e. The molecule has 2 aliphatic heterocycles. The number of hydroxylamine groups is 2. The number of aromatic nitrogens is 2. The van der Waals surface area contributed by atoms with E-state index in [1.165, 1.54) is 0 Å². The van der Waals surface area contributed by atoms with Crippen LogP contribution in [0.15, 0.2) is 72.9 Å². The number of hydrogen-bond donors (Lipinski definition) is 0. The van der Waals surface area contributed by atoms with Crippen molar-refractivity contribution >= 4 is 11.9 Å². The molecule has 3 heterocycles. The predicted octanol–water partition coefficient (Wildman–Crippen LogP) is 4.27. The van der Waals surface area contributed by atoms with Crippen LogP contribution in [-0.2, 0) is 9.63 Å². The number of anilines is 1. The van der Waals surface area contributed by atoms with E-state index >= 15 is 0 Å². The lowest BCUT2D eigenvalue weighted by atomic mass is 9.94. The van der Waals surface area contributed by atoms with Crippen molar-refractivity contribution in [2.45, 2.75) is 25.3 Å². The molecule has 1 amide bonds. The van der Waals surface area contributed by atoms with E-state index < -0.39 is 0 Å². The molecule has 0 bridgehead atoms. The zero-order valence-corrected chi connectivity index (χ0v) is 17.4. The van der Waals surface area contributed by atoms with E-state index in [1.807, 2.05) is 48.7 Å². The third-order valence-electron chi connectivity index (χ3n) is 6.15. The van der Waals surface area contributed by atoms with Gasteiger partial charge < -0.3 is 4.90 Å². The lowest BCUT2D eigenvalue weighted by Gasteiger charge is -2.34. The summed E-state index contributed by atoms with van der Waals surface area (Å²) in [5, 5.41) is 1.63. The zero-order valence-electron chi connectivity index (χ0n) is 17.4. The van der Waals surface area contributed by atoms with E-state index in [4.69, 9.17) is 9.82 Å². The summed E-state index contributed by atoms with van der Waals surface area (Å²) in [5.41, 5.74) is 3.13. The predicted molar refractivity (Wildman–Crippen MR) is 119 cm³/mol. The van der Waals surface area contributed by atoms with Gasteiger partial charge in [0.15, 0.2) is 0 Å². The van der Waals surface area contributed by atoms with Gasteiger partial charge in [0.2, 0.25) is 11.9 Å². The van der Waals surface area contributed by atoms with Gasteiger partial charge in [0, 0.05) is 37.2 Å². The fraction of sp³-hybridized carbons (Fsp3) is 0.320. The molecule has 3 aromatic rings. The van der Waals surface area contributed by atoms with Crippen LogP contribution in [0.5, 0.6) is 0 Å². The second-order valence-corrected chi connectivity index (χ2v) is 8.08. The molecule has 5 rings (SSSR count). The number of nitrogens with zero attached hydrogens (tertiary/aromatic N) is 4. The van der Waals surface area contributed by atoms with Gasteiger partial charge in [-0.15, -0.1) is 0 Å². The first-order chi connectivity index (χ1) is 15.3. The molecule has 0 N–H and O–H groups in total. The van der Waals surface area contributed by atoms with Crippen molar-refractivity contribution in [1.29, 1.82) is 0 Å². The van der Waals surface area contributed by atoms with Crippen LogP contribution in [0.4, 0.5) is 5.95 Å². The van der Waals surface area contributed by atoms with Crippen LogP contribution >= 0.6 is 0 Å². The topological polar surface area (TPSA) is 58.6 Å². The SMILES string of the molecule is O=C(C1CCN(c2nccc(-c3ccccc3)n2)CC1)N1OCCC1c1ccccc1. The number of benzene rings is 2.